The van der Waals surface area contributed by atoms with Crippen LogP contribution in [0.5, 0.6) is 0 Å². The van der Waals surface area contributed by atoms with Gasteiger partial charge in [-0.2, -0.15) is 0 Å². The molecule has 9 aromatic rings. The average Bonchev–Trinajstić information content (AvgIpc) is 3.62. The topological polar surface area (TPSA) is 38.8 Å². The maximum Gasteiger partial charge on any atom is 0.0822 e. The number of nitrogens with zero attached hydrogens (tertiary/aromatic N) is 3. The van der Waals surface area contributed by atoms with Crippen molar-refractivity contribution in [2.24, 2.45) is 9.98 Å². The second-order valence-electron chi connectivity index (χ2n) is 13.3. The van der Waals surface area contributed by atoms with Crippen molar-refractivity contribution < 1.29 is 0 Å². The highest BCUT2D eigenvalue weighted by atomic mass is 32.1. The van der Waals surface area contributed by atoms with E-state index in [9.17, 15) is 0 Å². The van der Waals surface area contributed by atoms with Gasteiger partial charge < -0.3 is 10.3 Å². The van der Waals surface area contributed by atoms with Crippen molar-refractivity contribution in [1.82, 2.24) is 0 Å². The van der Waals surface area contributed by atoms with Gasteiger partial charge in [0.1, 0.15) is 0 Å². The molecule has 0 radical (unpaired) electrons. The van der Waals surface area contributed by atoms with E-state index in [-0.39, 0.29) is 6.17 Å². The van der Waals surface area contributed by atoms with Gasteiger partial charge in [-0.15, -0.1) is 11.3 Å². The van der Waals surface area contributed by atoms with Crippen LogP contribution in [0.25, 0.3) is 69.6 Å². The van der Waals surface area contributed by atoms with Crippen LogP contribution < -0.4 is 0 Å². The van der Waals surface area contributed by atoms with Crippen molar-refractivity contribution in [2.45, 2.75) is 6.17 Å². The summed E-state index contributed by atoms with van der Waals surface area (Å²) in [6.07, 6.45) is -0.376. The van der Waals surface area contributed by atoms with Crippen molar-refractivity contribution in [3.8, 4) is 33.4 Å². The summed E-state index contributed by atoms with van der Waals surface area (Å²) in [5.41, 5.74) is 10.3. The van der Waals surface area contributed by atoms with Crippen LogP contribution in [0.1, 0.15) is 22.9 Å². The van der Waals surface area contributed by atoms with Crippen molar-refractivity contribution in [3.63, 3.8) is 0 Å². The quantitative estimate of drug-likeness (QED) is 0.166. The highest BCUT2D eigenvalue weighted by Gasteiger charge is 2.17. The molecule has 1 aromatic heterocycles. The van der Waals surface area contributed by atoms with Crippen molar-refractivity contribution >= 4 is 54.0 Å². The summed E-state index contributed by atoms with van der Waals surface area (Å²) >= 11 is 1.81. The summed E-state index contributed by atoms with van der Waals surface area (Å²) in [5.74, 6) is 1.40. The predicted molar refractivity (Wildman–Crippen MR) is 225 cm³/mol. The van der Waals surface area contributed by atoms with Gasteiger partial charge in [-0.25, -0.2) is 0 Å². The molecular formula is C49H32N3S-. The van der Waals surface area contributed by atoms with Gasteiger partial charge >= 0.3 is 0 Å². The van der Waals surface area contributed by atoms with E-state index >= 15 is 0 Å². The van der Waals surface area contributed by atoms with Crippen molar-refractivity contribution in [1.29, 1.82) is 0 Å². The van der Waals surface area contributed by atoms with Crippen LogP contribution in [-0.4, -0.2) is 11.7 Å². The molecule has 0 amide bonds. The van der Waals surface area contributed by atoms with Crippen LogP contribution in [0.2, 0.25) is 0 Å². The Balaban J connectivity index is 1.04. The average molecular weight is 695 g/mol. The Labute approximate surface area is 312 Å². The minimum Gasteiger partial charge on any atom is -0.438 e. The van der Waals surface area contributed by atoms with Crippen LogP contribution in [0.15, 0.2) is 198 Å². The van der Waals surface area contributed by atoms with E-state index < -0.39 is 0 Å². The van der Waals surface area contributed by atoms with Gasteiger partial charge in [-0.05, 0) is 79.5 Å². The molecule has 1 unspecified atom stereocenters. The number of hydrogen-bond donors (Lipinski definition) is 0. The van der Waals surface area contributed by atoms with Gasteiger partial charge in [-0.1, -0.05) is 170 Å². The van der Waals surface area contributed by atoms with E-state index in [0.29, 0.717) is 11.7 Å². The summed E-state index contributed by atoms with van der Waals surface area (Å²) in [4.78, 5) is 10.3. The molecule has 2 heterocycles. The molecule has 0 aliphatic carbocycles. The molecule has 0 N–H and O–H groups in total. The molecule has 53 heavy (non-hydrogen) atoms. The third-order valence-electron chi connectivity index (χ3n) is 10.1. The van der Waals surface area contributed by atoms with E-state index in [1.807, 2.05) is 47.7 Å². The first-order valence-corrected chi connectivity index (χ1v) is 18.7. The third-order valence-corrected chi connectivity index (χ3v) is 11.2. The normalized spacial score (nSPS) is 14.2. The number of fused-ring (bicyclic) bond motifs is 4. The summed E-state index contributed by atoms with van der Waals surface area (Å²) < 4.78 is 2.46. The zero-order valence-electron chi connectivity index (χ0n) is 28.7. The molecule has 10 rings (SSSR count). The first-order chi connectivity index (χ1) is 26.2. The minimum absolute atomic E-state index is 0.376. The predicted octanol–water partition coefficient (Wildman–Crippen LogP) is 13.5. The number of benzene rings is 8. The molecule has 0 saturated carbocycles. The van der Waals surface area contributed by atoms with E-state index in [0.717, 1.165) is 16.7 Å². The Morgan fingerprint density at radius 1 is 0.434 bits per heavy atom. The molecule has 1 atom stereocenters. The van der Waals surface area contributed by atoms with Gasteiger partial charge in [0.05, 0.1) is 12.0 Å². The first-order valence-electron chi connectivity index (χ1n) is 17.9. The molecule has 3 nitrogen and oxygen atoms in total. The number of amidine groups is 2. The van der Waals surface area contributed by atoms with E-state index in [1.54, 1.807) is 0 Å². The van der Waals surface area contributed by atoms with Gasteiger partial charge in [0.2, 0.25) is 0 Å². The Kier molecular flexibility index (Phi) is 7.74. The lowest BCUT2D eigenvalue weighted by atomic mass is 9.94. The highest BCUT2D eigenvalue weighted by molar-refractivity contribution is 7.25. The fraction of sp³-hybridized carbons (Fsp3) is 0.0204. The summed E-state index contributed by atoms with van der Waals surface area (Å²) in [6, 6.07) is 66.7. The van der Waals surface area contributed by atoms with E-state index in [2.05, 4.69) is 152 Å². The Morgan fingerprint density at radius 3 is 1.91 bits per heavy atom. The zero-order valence-corrected chi connectivity index (χ0v) is 29.5. The molecule has 0 bridgehead atoms. The molecule has 0 spiro atoms. The van der Waals surface area contributed by atoms with Gasteiger partial charge in [0, 0.05) is 25.7 Å². The maximum atomic E-state index is 5.17. The smallest absolute Gasteiger partial charge is 0.0822 e. The van der Waals surface area contributed by atoms with Crippen molar-refractivity contribution in [2.75, 3.05) is 0 Å². The van der Waals surface area contributed by atoms with Crippen LogP contribution in [0, 0.1) is 0 Å². The van der Waals surface area contributed by atoms with Crippen molar-refractivity contribution in [3.05, 3.63) is 210 Å². The zero-order chi connectivity index (χ0) is 35.1. The van der Waals surface area contributed by atoms with Crippen LogP contribution >= 0.6 is 11.3 Å². The SMILES string of the molecule is c1ccc(C2=NC(c3cccc4sc5ccc(-c6cccc(-c7ccc(-c8cccc9ccccc89)cc7)c6)cc5c34)=NC(c3ccccc3)[N-]2)cc1. The lowest BCUT2D eigenvalue weighted by Crippen LogP contribution is -2.16. The Morgan fingerprint density at radius 2 is 1.06 bits per heavy atom. The molecule has 0 saturated heterocycles. The second kappa shape index (κ2) is 13.2. The highest BCUT2D eigenvalue weighted by Crippen LogP contribution is 2.41. The molecule has 1 aliphatic rings. The summed E-state index contributed by atoms with van der Waals surface area (Å²) in [5, 5.41) is 9.93. The fourth-order valence-electron chi connectivity index (χ4n) is 7.44. The molecule has 1 aliphatic heterocycles. The fourth-order valence-corrected chi connectivity index (χ4v) is 8.55. The molecule has 0 fully saturated rings. The number of rotatable bonds is 6. The van der Waals surface area contributed by atoms with Gasteiger partial charge in [0.15, 0.2) is 0 Å². The van der Waals surface area contributed by atoms with Crippen LogP contribution in [0.3, 0.4) is 0 Å². The lowest BCUT2D eigenvalue weighted by Gasteiger charge is -2.32. The lowest BCUT2D eigenvalue weighted by molar-refractivity contribution is 0.878. The monoisotopic (exact) mass is 694 g/mol. The number of aliphatic imine (C=N–C) groups is 2. The Bertz CT molecular complexity index is 2850. The number of hydrogen-bond acceptors (Lipinski definition) is 3. The molecular weight excluding hydrogens is 663 g/mol. The third kappa shape index (κ3) is 5.80. The standard InChI is InChI=1S/C49H32N3S/c1-3-13-35(14-4-1)47-50-48(36-15-5-2-6-16-36)52-49(51-47)42-22-11-23-45-46(42)43-31-39(28-29-44(43)53-45)38-19-9-18-37(30-38)32-24-26-34(27-25-32)41-21-10-17-33-12-7-8-20-40(33)41/h1-31,47H/q-1. The maximum absolute atomic E-state index is 5.17. The Hall–Kier alpha value is -6.62. The largest absolute Gasteiger partial charge is 0.438 e. The summed E-state index contributed by atoms with van der Waals surface area (Å²) in [7, 11) is 0. The minimum atomic E-state index is -0.376. The van der Waals surface area contributed by atoms with Gasteiger partial charge in [0.25, 0.3) is 0 Å². The number of thiophene rings is 1. The van der Waals surface area contributed by atoms with E-state index in [4.69, 9.17) is 15.3 Å². The molecule has 4 heteroatoms. The second-order valence-corrected chi connectivity index (χ2v) is 14.4. The first kappa shape index (κ1) is 31.1. The molecule has 250 valence electrons. The summed E-state index contributed by atoms with van der Waals surface area (Å²) in [6.45, 7) is 0. The van der Waals surface area contributed by atoms with Crippen LogP contribution in [0.4, 0.5) is 0 Å². The molecule has 8 aromatic carbocycles. The van der Waals surface area contributed by atoms with E-state index in [1.165, 1.54) is 64.3 Å². The van der Waals surface area contributed by atoms with Gasteiger partial charge in [-0.3, -0.25) is 4.99 Å². The van der Waals surface area contributed by atoms with Crippen LogP contribution in [-0.2, 0) is 0 Å².